The molecule has 3 N–H and O–H groups in total. The number of aliphatic hydroxyl groups is 1. The monoisotopic (exact) mass is 240 g/mol. The number of rotatable bonds is 4. The summed E-state index contributed by atoms with van der Waals surface area (Å²) in [6.45, 7) is 5.65. The van der Waals surface area contributed by atoms with Gasteiger partial charge in [-0.2, -0.15) is 0 Å². The molecule has 17 heavy (non-hydrogen) atoms. The molecule has 2 rings (SSSR count). The van der Waals surface area contributed by atoms with Crippen molar-refractivity contribution >= 4 is 0 Å². The topological polar surface area (TPSA) is 49.5 Å². The summed E-state index contributed by atoms with van der Waals surface area (Å²) in [5.41, 5.74) is 6.28. The van der Waals surface area contributed by atoms with Gasteiger partial charge in [0, 0.05) is 18.1 Å². The van der Waals surface area contributed by atoms with E-state index in [0.29, 0.717) is 12.0 Å². The van der Waals surface area contributed by atoms with Gasteiger partial charge in [-0.15, -0.1) is 0 Å². The Kier molecular flexibility index (Phi) is 4.45. The van der Waals surface area contributed by atoms with Crippen molar-refractivity contribution in [3.05, 3.63) is 0 Å². The second-order valence-corrected chi connectivity index (χ2v) is 6.21. The summed E-state index contributed by atoms with van der Waals surface area (Å²) in [4.78, 5) is 2.53. The fourth-order valence-electron chi connectivity index (χ4n) is 3.80. The van der Waals surface area contributed by atoms with Gasteiger partial charge in [0.05, 0.1) is 6.61 Å². The lowest BCUT2D eigenvalue weighted by molar-refractivity contribution is 0.0185. The van der Waals surface area contributed by atoms with E-state index < -0.39 is 0 Å². The Bertz CT molecular complexity index is 244. The first-order chi connectivity index (χ1) is 8.15. The summed E-state index contributed by atoms with van der Waals surface area (Å²) in [5.74, 6) is 1.31. The molecule has 0 aromatic heterocycles. The molecule has 1 saturated carbocycles. The molecule has 2 aliphatic rings. The van der Waals surface area contributed by atoms with Gasteiger partial charge in [-0.3, -0.25) is 4.90 Å². The molecular formula is C14H28N2O. The number of nitrogens with zero attached hydrogens (tertiary/aromatic N) is 1. The van der Waals surface area contributed by atoms with Gasteiger partial charge < -0.3 is 10.8 Å². The average Bonchev–Trinajstić information content (AvgIpc) is 2.78. The third kappa shape index (κ3) is 2.67. The number of likely N-dealkylation sites (tertiary alicyclic amines) is 1. The van der Waals surface area contributed by atoms with Gasteiger partial charge in [0.2, 0.25) is 0 Å². The summed E-state index contributed by atoms with van der Waals surface area (Å²) in [5, 5.41) is 9.70. The van der Waals surface area contributed by atoms with Gasteiger partial charge in [-0.05, 0) is 44.1 Å². The molecule has 1 aliphatic heterocycles. The minimum absolute atomic E-state index is 0.0966. The fourth-order valence-corrected chi connectivity index (χ4v) is 3.80. The van der Waals surface area contributed by atoms with E-state index in [-0.39, 0.29) is 18.7 Å². The van der Waals surface area contributed by atoms with Crippen LogP contribution in [0.25, 0.3) is 0 Å². The van der Waals surface area contributed by atoms with Crippen molar-refractivity contribution in [2.24, 2.45) is 17.6 Å². The normalized spacial score (nSPS) is 33.7. The largest absolute Gasteiger partial charge is 0.395 e. The SMILES string of the molecule is CC(C)C(N)C(CO)N1CCCC2CCCC21. The first-order valence-corrected chi connectivity index (χ1v) is 7.27. The highest BCUT2D eigenvalue weighted by Crippen LogP contribution is 2.38. The molecule has 1 saturated heterocycles. The number of piperidine rings is 1. The van der Waals surface area contributed by atoms with Crippen LogP contribution in [-0.4, -0.2) is 41.3 Å². The third-order valence-electron chi connectivity index (χ3n) is 4.86. The van der Waals surface area contributed by atoms with Crippen LogP contribution in [0.3, 0.4) is 0 Å². The smallest absolute Gasteiger partial charge is 0.0602 e. The maximum Gasteiger partial charge on any atom is 0.0602 e. The van der Waals surface area contributed by atoms with Gasteiger partial charge >= 0.3 is 0 Å². The molecule has 3 heteroatoms. The Hall–Kier alpha value is -0.120. The Morgan fingerprint density at radius 3 is 2.59 bits per heavy atom. The molecule has 0 bridgehead atoms. The zero-order valence-electron chi connectivity index (χ0n) is 11.3. The van der Waals surface area contributed by atoms with Crippen molar-refractivity contribution in [3.63, 3.8) is 0 Å². The van der Waals surface area contributed by atoms with Crippen molar-refractivity contribution in [1.82, 2.24) is 4.90 Å². The summed E-state index contributed by atoms with van der Waals surface area (Å²) in [6.07, 6.45) is 6.72. The Labute approximate surface area is 105 Å². The fraction of sp³-hybridized carbons (Fsp3) is 1.00. The second-order valence-electron chi connectivity index (χ2n) is 6.21. The van der Waals surface area contributed by atoms with Crippen LogP contribution in [0.4, 0.5) is 0 Å². The minimum atomic E-state index is 0.0966. The molecule has 4 unspecified atom stereocenters. The van der Waals surface area contributed by atoms with E-state index in [1.807, 2.05) is 0 Å². The number of nitrogens with two attached hydrogens (primary N) is 1. The lowest BCUT2D eigenvalue weighted by Crippen LogP contribution is -2.58. The van der Waals surface area contributed by atoms with Crippen molar-refractivity contribution in [1.29, 1.82) is 0 Å². The molecule has 100 valence electrons. The Morgan fingerprint density at radius 1 is 1.24 bits per heavy atom. The van der Waals surface area contributed by atoms with Gasteiger partial charge in [-0.25, -0.2) is 0 Å². The van der Waals surface area contributed by atoms with Crippen LogP contribution in [0.2, 0.25) is 0 Å². The van der Waals surface area contributed by atoms with Crippen LogP contribution in [-0.2, 0) is 0 Å². The zero-order chi connectivity index (χ0) is 12.4. The van der Waals surface area contributed by atoms with Gasteiger partial charge in [0.15, 0.2) is 0 Å². The molecule has 0 radical (unpaired) electrons. The maximum absolute atomic E-state index is 9.70. The van der Waals surface area contributed by atoms with E-state index in [4.69, 9.17) is 5.73 Å². The highest BCUT2D eigenvalue weighted by Gasteiger charge is 2.39. The van der Waals surface area contributed by atoms with E-state index in [2.05, 4.69) is 18.7 Å². The molecule has 2 fully saturated rings. The van der Waals surface area contributed by atoms with Crippen molar-refractivity contribution in [2.45, 2.75) is 64.1 Å². The minimum Gasteiger partial charge on any atom is -0.395 e. The predicted molar refractivity (Wildman–Crippen MR) is 70.8 cm³/mol. The summed E-state index contributed by atoms with van der Waals surface area (Å²) in [6, 6.07) is 0.964. The highest BCUT2D eigenvalue weighted by molar-refractivity contribution is 4.95. The molecular weight excluding hydrogens is 212 g/mol. The van der Waals surface area contributed by atoms with Crippen LogP contribution >= 0.6 is 0 Å². The van der Waals surface area contributed by atoms with E-state index >= 15 is 0 Å². The summed E-state index contributed by atoms with van der Waals surface area (Å²) < 4.78 is 0. The van der Waals surface area contributed by atoms with Gasteiger partial charge in [0.25, 0.3) is 0 Å². The van der Waals surface area contributed by atoms with Crippen molar-refractivity contribution in [2.75, 3.05) is 13.2 Å². The Morgan fingerprint density at radius 2 is 1.94 bits per heavy atom. The predicted octanol–water partition coefficient (Wildman–Crippen LogP) is 1.60. The van der Waals surface area contributed by atoms with Crippen LogP contribution in [0.15, 0.2) is 0 Å². The molecule has 0 aromatic rings. The van der Waals surface area contributed by atoms with E-state index in [9.17, 15) is 5.11 Å². The molecule has 4 atom stereocenters. The highest BCUT2D eigenvalue weighted by atomic mass is 16.3. The zero-order valence-corrected chi connectivity index (χ0v) is 11.3. The first kappa shape index (κ1) is 13.3. The van der Waals surface area contributed by atoms with Crippen LogP contribution in [0, 0.1) is 11.8 Å². The number of fused-ring (bicyclic) bond motifs is 1. The lowest BCUT2D eigenvalue weighted by Gasteiger charge is -2.45. The molecule has 0 amide bonds. The number of aliphatic hydroxyl groups excluding tert-OH is 1. The van der Waals surface area contributed by atoms with Crippen molar-refractivity contribution < 1.29 is 5.11 Å². The van der Waals surface area contributed by atoms with E-state index in [0.717, 1.165) is 12.5 Å². The molecule has 0 aromatic carbocycles. The van der Waals surface area contributed by atoms with E-state index in [1.54, 1.807) is 0 Å². The van der Waals surface area contributed by atoms with Gasteiger partial charge in [-0.1, -0.05) is 20.3 Å². The lowest BCUT2D eigenvalue weighted by atomic mass is 9.87. The van der Waals surface area contributed by atoms with Crippen LogP contribution in [0.5, 0.6) is 0 Å². The number of hydrogen-bond acceptors (Lipinski definition) is 3. The average molecular weight is 240 g/mol. The first-order valence-electron chi connectivity index (χ1n) is 7.27. The van der Waals surface area contributed by atoms with Gasteiger partial charge in [0.1, 0.15) is 0 Å². The molecule has 0 spiro atoms. The molecule has 1 aliphatic carbocycles. The van der Waals surface area contributed by atoms with Crippen LogP contribution < -0.4 is 5.73 Å². The molecule has 3 nitrogen and oxygen atoms in total. The summed E-state index contributed by atoms with van der Waals surface area (Å²) >= 11 is 0. The van der Waals surface area contributed by atoms with E-state index in [1.165, 1.54) is 32.1 Å². The Balaban J connectivity index is 2.07. The standard InChI is InChI=1S/C14H28N2O/c1-10(2)14(15)13(9-17)16-8-4-6-11-5-3-7-12(11)16/h10-14,17H,3-9,15H2,1-2H3. The molecule has 1 heterocycles. The van der Waals surface area contributed by atoms with Crippen LogP contribution in [0.1, 0.15) is 46.0 Å². The van der Waals surface area contributed by atoms with Crippen molar-refractivity contribution in [3.8, 4) is 0 Å². The second kappa shape index (κ2) is 5.68. The number of hydrogen-bond donors (Lipinski definition) is 2. The summed E-state index contributed by atoms with van der Waals surface area (Å²) in [7, 11) is 0. The quantitative estimate of drug-likeness (QED) is 0.784. The maximum atomic E-state index is 9.70. The third-order valence-corrected chi connectivity index (χ3v) is 4.86.